The molecule has 0 spiro atoms. The SMILES string of the molecule is COCCOCCOCCN1CCC(C)(CN)CC1. The van der Waals surface area contributed by atoms with Gasteiger partial charge in [0.1, 0.15) is 0 Å². The standard InChI is InChI=1S/C14H30N2O3/c1-14(13-15)3-5-16(6-4-14)7-8-18-11-12-19-10-9-17-2/h3-13,15H2,1-2H3. The van der Waals surface area contributed by atoms with E-state index in [1.165, 1.54) is 12.8 Å². The zero-order chi connectivity index (χ0) is 14.0. The second-order valence-electron chi connectivity index (χ2n) is 5.57. The molecule has 114 valence electrons. The highest BCUT2D eigenvalue weighted by Gasteiger charge is 2.28. The molecule has 5 heteroatoms. The smallest absolute Gasteiger partial charge is 0.0701 e. The Balaban J connectivity index is 1.91. The maximum absolute atomic E-state index is 5.81. The minimum absolute atomic E-state index is 0.354. The summed E-state index contributed by atoms with van der Waals surface area (Å²) in [4.78, 5) is 2.46. The molecule has 0 unspecified atom stereocenters. The number of nitrogens with zero attached hydrogens (tertiary/aromatic N) is 1. The molecule has 19 heavy (non-hydrogen) atoms. The molecule has 0 aromatic rings. The van der Waals surface area contributed by atoms with Crippen molar-refractivity contribution in [1.29, 1.82) is 0 Å². The van der Waals surface area contributed by atoms with Crippen molar-refractivity contribution in [3.05, 3.63) is 0 Å². The molecule has 0 aliphatic carbocycles. The van der Waals surface area contributed by atoms with Crippen LogP contribution >= 0.6 is 0 Å². The van der Waals surface area contributed by atoms with Crippen LogP contribution in [0.5, 0.6) is 0 Å². The number of piperidine rings is 1. The Morgan fingerprint density at radius 1 is 1.00 bits per heavy atom. The molecule has 1 saturated heterocycles. The fraction of sp³-hybridized carbons (Fsp3) is 1.00. The van der Waals surface area contributed by atoms with Crippen molar-refractivity contribution in [1.82, 2.24) is 4.90 Å². The van der Waals surface area contributed by atoms with Crippen LogP contribution in [0.1, 0.15) is 19.8 Å². The number of nitrogens with two attached hydrogens (primary N) is 1. The van der Waals surface area contributed by atoms with Gasteiger partial charge >= 0.3 is 0 Å². The summed E-state index contributed by atoms with van der Waals surface area (Å²) in [7, 11) is 1.67. The molecule has 1 rings (SSSR count). The van der Waals surface area contributed by atoms with Crippen molar-refractivity contribution in [3.63, 3.8) is 0 Å². The van der Waals surface area contributed by atoms with Gasteiger partial charge in [-0.1, -0.05) is 6.92 Å². The van der Waals surface area contributed by atoms with Crippen LogP contribution in [-0.4, -0.2) is 71.2 Å². The van der Waals surface area contributed by atoms with E-state index in [1.807, 2.05) is 0 Å². The number of ether oxygens (including phenoxy) is 3. The first-order valence-electron chi connectivity index (χ1n) is 7.27. The first-order chi connectivity index (χ1) is 9.20. The molecule has 1 aliphatic rings. The molecule has 5 nitrogen and oxygen atoms in total. The summed E-state index contributed by atoms with van der Waals surface area (Å²) >= 11 is 0. The predicted molar refractivity (Wildman–Crippen MR) is 76.3 cm³/mol. The average Bonchev–Trinajstić information content (AvgIpc) is 2.44. The lowest BCUT2D eigenvalue weighted by Crippen LogP contribution is -2.43. The van der Waals surface area contributed by atoms with Crippen LogP contribution in [0.15, 0.2) is 0 Å². The highest BCUT2D eigenvalue weighted by Crippen LogP contribution is 2.28. The fourth-order valence-electron chi connectivity index (χ4n) is 2.18. The third kappa shape index (κ3) is 7.22. The monoisotopic (exact) mass is 274 g/mol. The van der Waals surface area contributed by atoms with Gasteiger partial charge in [-0.3, -0.25) is 0 Å². The quantitative estimate of drug-likeness (QED) is 0.595. The van der Waals surface area contributed by atoms with E-state index in [-0.39, 0.29) is 0 Å². The van der Waals surface area contributed by atoms with Gasteiger partial charge in [-0.25, -0.2) is 0 Å². The first kappa shape index (κ1) is 16.9. The number of likely N-dealkylation sites (tertiary alicyclic amines) is 1. The summed E-state index contributed by atoms with van der Waals surface area (Å²) < 4.78 is 15.8. The van der Waals surface area contributed by atoms with E-state index < -0.39 is 0 Å². The maximum Gasteiger partial charge on any atom is 0.0701 e. The van der Waals surface area contributed by atoms with Crippen molar-refractivity contribution in [2.75, 3.05) is 66.3 Å². The van der Waals surface area contributed by atoms with E-state index in [4.69, 9.17) is 19.9 Å². The Morgan fingerprint density at radius 3 is 2.16 bits per heavy atom. The van der Waals surface area contributed by atoms with Gasteiger partial charge in [-0.05, 0) is 37.9 Å². The van der Waals surface area contributed by atoms with Crippen molar-refractivity contribution >= 4 is 0 Å². The Kier molecular flexibility index (Phi) is 8.57. The molecule has 1 fully saturated rings. The summed E-state index contributed by atoms with van der Waals surface area (Å²) in [6, 6.07) is 0. The second kappa shape index (κ2) is 9.66. The van der Waals surface area contributed by atoms with Crippen molar-refractivity contribution in [3.8, 4) is 0 Å². The highest BCUT2D eigenvalue weighted by molar-refractivity contribution is 4.82. The topological polar surface area (TPSA) is 57.0 Å². The molecule has 0 atom stereocenters. The lowest BCUT2D eigenvalue weighted by molar-refractivity contribution is 0.0149. The summed E-state index contributed by atoms with van der Waals surface area (Å²) in [6.07, 6.45) is 2.40. The predicted octanol–water partition coefficient (Wildman–Crippen LogP) is 0.727. The van der Waals surface area contributed by atoms with Gasteiger partial charge in [0.25, 0.3) is 0 Å². The zero-order valence-electron chi connectivity index (χ0n) is 12.5. The minimum Gasteiger partial charge on any atom is -0.382 e. The summed E-state index contributed by atoms with van der Waals surface area (Å²) in [5.41, 5.74) is 6.16. The van der Waals surface area contributed by atoms with Crippen molar-refractivity contribution < 1.29 is 14.2 Å². The van der Waals surface area contributed by atoms with E-state index in [0.29, 0.717) is 31.8 Å². The molecular weight excluding hydrogens is 244 g/mol. The van der Waals surface area contributed by atoms with E-state index in [9.17, 15) is 0 Å². The van der Waals surface area contributed by atoms with Crippen LogP contribution in [0.4, 0.5) is 0 Å². The van der Waals surface area contributed by atoms with Crippen LogP contribution in [-0.2, 0) is 14.2 Å². The van der Waals surface area contributed by atoms with Gasteiger partial charge in [0.2, 0.25) is 0 Å². The molecule has 0 bridgehead atoms. The van der Waals surface area contributed by atoms with Crippen LogP contribution in [0, 0.1) is 5.41 Å². The third-order valence-corrected chi connectivity index (χ3v) is 3.91. The van der Waals surface area contributed by atoms with Crippen LogP contribution in [0.25, 0.3) is 0 Å². The second-order valence-corrected chi connectivity index (χ2v) is 5.57. The van der Waals surface area contributed by atoms with Gasteiger partial charge in [-0.15, -0.1) is 0 Å². The Morgan fingerprint density at radius 2 is 1.58 bits per heavy atom. The number of hydrogen-bond acceptors (Lipinski definition) is 5. The van der Waals surface area contributed by atoms with E-state index in [1.54, 1.807) is 7.11 Å². The molecule has 0 amide bonds. The van der Waals surface area contributed by atoms with Gasteiger partial charge in [0, 0.05) is 13.7 Å². The normalized spacial score (nSPS) is 19.7. The fourth-order valence-corrected chi connectivity index (χ4v) is 2.18. The molecule has 0 radical (unpaired) electrons. The Bertz CT molecular complexity index is 219. The Hall–Kier alpha value is -0.200. The van der Waals surface area contributed by atoms with E-state index in [0.717, 1.165) is 32.8 Å². The lowest BCUT2D eigenvalue weighted by Gasteiger charge is -2.38. The molecule has 2 N–H and O–H groups in total. The number of methoxy groups -OCH3 is 1. The Labute approximate surface area is 117 Å². The van der Waals surface area contributed by atoms with E-state index in [2.05, 4.69) is 11.8 Å². The summed E-state index contributed by atoms with van der Waals surface area (Å²) in [6.45, 7) is 9.77. The zero-order valence-corrected chi connectivity index (χ0v) is 12.5. The molecule has 1 heterocycles. The van der Waals surface area contributed by atoms with Gasteiger partial charge in [0.05, 0.1) is 33.0 Å². The summed E-state index contributed by atoms with van der Waals surface area (Å²) in [5.74, 6) is 0. The minimum atomic E-state index is 0.354. The largest absolute Gasteiger partial charge is 0.382 e. The molecule has 0 aromatic heterocycles. The average molecular weight is 274 g/mol. The van der Waals surface area contributed by atoms with Crippen LogP contribution in [0.2, 0.25) is 0 Å². The molecule has 0 saturated carbocycles. The number of hydrogen-bond donors (Lipinski definition) is 1. The molecule has 1 aliphatic heterocycles. The number of rotatable bonds is 10. The van der Waals surface area contributed by atoms with Crippen LogP contribution < -0.4 is 5.73 Å². The summed E-state index contributed by atoms with van der Waals surface area (Å²) in [5, 5.41) is 0. The van der Waals surface area contributed by atoms with Crippen molar-refractivity contribution in [2.24, 2.45) is 11.1 Å². The first-order valence-corrected chi connectivity index (χ1v) is 7.27. The molecular formula is C14H30N2O3. The van der Waals surface area contributed by atoms with E-state index >= 15 is 0 Å². The molecule has 0 aromatic carbocycles. The third-order valence-electron chi connectivity index (χ3n) is 3.91. The van der Waals surface area contributed by atoms with Crippen molar-refractivity contribution in [2.45, 2.75) is 19.8 Å². The van der Waals surface area contributed by atoms with Gasteiger partial charge in [-0.2, -0.15) is 0 Å². The van der Waals surface area contributed by atoms with Crippen LogP contribution in [0.3, 0.4) is 0 Å². The maximum atomic E-state index is 5.81. The lowest BCUT2D eigenvalue weighted by atomic mass is 9.80. The highest BCUT2D eigenvalue weighted by atomic mass is 16.5. The van der Waals surface area contributed by atoms with Gasteiger partial charge in [0.15, 0.2) is 0 Å². The van der Waals surface area contributed by atoms with Gasteiger partial charge < -0.3 is 24.8 Å².